The first-order valence-electron chi connectivity index (χ1n) is 5.59. The monoisotopic (exact) mass is 307 g/mol. The van der Waals surface area contributed by atoms with E-state index in [0.29, 0.717) is 16.1 Å². The summed E-state index contributed by atoms with van der Waals surface area (Å²) in [5.74, 6) is -1.12. The average Bonchev–Trinajstić information content (AvgIpc) is 2.84. The zero-order valence-electron chi connectivity index (χ0n) is 9.92. The van der Waals surface area contributed by atoms with Gasteiger partial charge in [-0.15, -0.1) is 0 Å². The van der Waals surface area contributed by atoms with E-state index >= 15 is 0 Å². The minimum Gasteiger partial charge on any atom is -0.478 e. The van der Waals surface area contributed by atoms with Gasteiger partial charge in [-0.2, -0.15) is 5.10 Å². The molecule has 0 saturated heterocycles. The lowest BCUT2D eigenvalue weighted by Gasteiger charge is -2.04. The van der Waals surface area contributed by atoms with Crippen LogP contribution in [0.2, 0.25) is 10.0 Å². The summed E-state index contributed by atoms with van der Waals surface area (Å²) in [5.41, 5.74) is 1.20. The Bertz CT molecular complexity index is 812. The number of aromatic nitrogens is 3. The van der Waals surface area contributed by atoms with E-state index in [4.69, 9.17) is 28.3 Å². The Morgan fingerprint density at radius 2 is 1.85 bits per heavy atom. The van der Waals surface area contributed by atoms with E-state index in [1.54, 1.807) is 28.9 Å². The largest absolute Gasteiger partial charge is 0.478 e. The molecule has 1 aromatic carbocycles. The lowest BCUT2D eigenvalue weighted by atomic mass is 10.2. The zero-order valence-corrected chi connectivity index (χ0v) is 11.4. The predicted octanol–water partition coefficient (Wildman–Crippen LogP) is 3.43. The number of hydrogen-bond acceptors (Lipinski definition) is 3. The van der Waals surface area contributed by atoms with Crippen molar-refractivity contribution in [3.8, 4) is 5.69 Å². The van der Waals surface area contributed by atoms with Crippen LogP contribution in [0.15, 0.2) is 36.7 Å². The maximum absolute atomic E-state index is 11.0. The molecular weight excluding hydrogens is 301 g/mol. The highest BCUT2D eigenvalue weighted by molar-refractivity contribution is 6.38. The number of nitrogens with zero attached hydrogens (tertiary/aromatic N) is 3. The summed E-state index contributed by atoms with van der Waals surface area (Å²) in [4.78, 5) is 15.1. The lowest BCUT2D eigenvalue weighted by molar-refractivity contribution is 0.0697. The van der Waals surface area contributed by atoms with Gasteiger partial charge in [0, 0.05) is 11.2 Å². The fraction of sp³-hybridized carbons (Fsp3) is 0. The number of carbonyl (C=O) groups is 1. The maximum atomic E-state index is 11.0. The molecule has 5 nitrogen and oxygen atoms in total. The first-order chi connectivity index (χ1) is 9.58. The lowest BCUT2D eigenvalue weighted by Crippen LogP contribution is -2.01. The van der Waals surface area contributed by atoms with E-state index in [2.05, 4.69) is 10.1 Å². The molecule has 2 aromatic heterocycles. The van der Waals surface area contributed by atoms with E-state index in [9.17, 15) is 4.79 Å². The van der Waals surface area contributed by atoms with Gasteiger partial charge in [-0.1, -0.05) is 23.2 Å². The topological polar surface area (TPSA) is 68.0 Å². The number of fused-ring (bicyclic) bond motifs is 1. The van der Waals surface area contributed by atoms with Crippen LogP contribution in [0.1, 0.15) is 10.4 Å². The molecule has 0 radical (unpaired) electrons. The van der Waals surface area contributed by atoms with Crippen LogP contribution in [0.3, 0.4) is 0 Å². The number of carboxylic acid groups (broad SMARTS) is 1. The Balaban J connectivity index is 2.22. The molecule has 2 heterocycles. The van der Waals surface area contributed by atoms with Crippen LogP contribution in [0.4, 0.5) is 0 Å². The Hall–Kier alpha value is -2.11. The molecule has 0 unspecified atom stereocenters. The fourth-order valence-electron chi connectivity index (χ4n) is 1.87. The number of hydrogen-bond donors (Lipinski definition) is 1. The molecule has 100 valence electrons. The van der Waals surface area contributed by atoms with Gasteiger partial charge in [0.1, 0.15) is 0 Å². The van der Waals surface area contributed by atoms with Crippen LogP contribution in [-0.2, 0) is 0 Å². The molecular formula is C13H7Cl2N3O2. The number of aromatic carboxylic acids is 1. The van der Waals surface area contributed by atoms with Crippen LogP contribution in [0, 0.1) is 0 Å². The van der Waals surface area contributed by atoms with Gasteiger partial charge >= 0.3 is 5.97 Å². The molecule has 0 fully saturated rings. The summed E-state index contributed by atoms with van der Waals surface area (Å²) >= 11 is 11.9. The number of benzene rings is 1. The van der Waals surface area contributed by atoms with Crippen molar-refractivity contribution >= 4 is 40.2 Å². The highest BCUT2D eigenvalue weighted by Gasteiger charge is 2.16. The third-order valence-electron chi connectivity index (χ3n) is 2.83. The second kappa shape index (κ2) is 4.77. The van der Waals surface area contributed by atoms with Crippen LogP contribution < -0.4 is 0 Å². The second-order valence-electron chi connectivity index (χ2n) is 4.06. The highest BCUT2D eigenvalue weighted by Crippen LogP contribution is 2.27. The van der Waals surface area contributed by atoms with Crippen molar-refractivity contribution < 1.29 is 9.90 Å². The summed E-state index contributed by atoms with van der Waals surface area (Å²) < 4.78 is 1.57. The molecule has 0 amide bonds. The molecule has 20 heavy (non-hydrogen) atoms. The quantitative estimate of drug-likeness (QED) is 0.787. The normalized spacial score (nSPS) is 10.9. The molecule has 0 saturated carbocycles. The highest BCUT2D eigenvalue weighted by atomic mass is 35.5. The second-order valence-corrected chi connectivity index (χ2v) is 4.88. The van der Waals surface area contributed by atoms with E-state index in [1.807, 2.05) is 0 Å². The minimum absolute atomic E-state index is 0.0465. The molecule has 0 atom stereocenters. The standard InChI is InChI=1S/C13H7Cl2N3O2/c14-7-1-3-8(4-2-7)18-12-9(6-17-18)11(15)10(5-16-12)13(19)20/h1-6H,(H,19,20). The molecule has 1 N–H and O–H groups in total. The minimum atomic E-state index is -1.12. The average molecular weight is 308 g/mol. The van der Waals surface area contributed by atoms with Gasteiger partial charge in [0.15, 0.2) is 5.65 Å². The van der Waals surface area contributed by atoms with E-state index in [1.165, 1.54) is 12.4 Å². The number of carboxylic acids is 1. The molecule has 7 heteroatoms. The molecule has 3 aromatic rings. The van der Waals surface area contributed by atoms with Crippen molar-refractivity contribution in [2.24, 2.45) is 0 Å². The van der Waals surface area contributed by atoms with Crippen molar-refractivity contribution in [1.29, 1.82) is 0 Å². The molecule has 0 aliphatic rings. The SMILES string of the molecule is O=C(O)c1cnc2c(cnn2-c2ccc(Cl)cc2)c1Cl. The van der Waals surface area contributed by atoms with Crippen molar-refractivity contribution in [2.75, 3.05) is 0 Å². The first-order valence-corrected chi connectivity index (χ1v) is 6.35. The Kier molecular flexibility index (Phi) is 3.08. The maximum Gasteiger partial charge on any atom is 0.338 e. The van der Waals surface area contributed by atoms with Crippen LogP contribution in [-0.4, -0.2) is 25.8 Å². The molecule has 0 aliphatic carbocycles. The van der Waals surface area contributed by atoms with E-state index in [0.717, 1.165) is 5.69 Å². The summed E-state index contributed by atoms with van der Waals surface area (Å²) in [7, 11) is 0. The summed E-state index contributed by atoms with van der Waals surface area (Å²) in [6.45, 7) is 0. The summed E-state index contributed by atoms with van der Waals surface area (Å²) in [5, 5.41) is 14.4. The molecule has 0 aliphatic heterocycles. The van der Waals surface area contributed by atoms with Gasteiger partial charge in [0.25, 0.3) is 0 Å². The van der Waals surface area contributed by atoms with Gasteiger partial charge in [-0.3, -0.25) is 0 Å². The summed E-state index contributed by atoms with van der Waals surface area (Å²) in [6, 6.07) is 7.04. The number of pyridine rings is 1. The van der Waals surface area contributed by atoms with Crippen LogP contribution >= 0.6 is 23.2 Å². The van der Waals surface area contributed by atoms with Gasteiger partial charge in [-0.25, -0.2) is 14.5 Å². The van der Waals surface area contributed by atoms with E-state index < -0.39 is 5.97 Å². The fourth-order valence-corrected chi connectivity index (χ4v) is 2.26. The van der Waals surface area contributed by atoms with E-state index in [-0.39, 0.29) is 10.6 Å². The van der Waals surface area contributed by atoms with Crippen molar-refractivity contribution in [3.05, 3.63) is 52.3 Å². The smallest absolute Gasteiger partial charge is 0.338 e. The predicted molar refractivity (Wildman–Crippen MR) is 75.8 cm³/mol. The van der Waals surface area contributed by atoms with Gasteiger partial charge < -0.3 is 5.11 Å². The number of halogens is 2. The Labute approximate surface area is 123 Å². The number of rotatable bonds is 2. The van der Waals surface area contributed by atoms with Gasteiger partial charge in [0.05, 0.1) is 27.9 Å². The Morgan fingerprint density at radius 3 is 2.50 bits per heavy atom. The zero-order chi connectivity index (χ0) is 14.3. The van der Waals surface area contributed by atoms with Crippen LogP contribution in [0.25, 0.3) is 16.7 Å². The Morgan fingerprint density at radius 1 is 1.15 bits per heavy atom. The van der Waals surface area contributed by atoms with Gasteiger partial charge in [-0.05, 0) is 24.3 Å². The third-order valence-corrected chi connectivity index (χ3v) is 3.49. The first kappa shape index (κ1) is 12.9. The van der Waals surface area contributed by atoms with Crippen molar-refractivity contribution in [2.45, 2.75) is 0 Å². The van der Waals surface area contributed by atoms with Crippen molar-refractivity contribution in [3.63, 3.8) is 0 Å². The summed E-state index contributed by atoms with van der Waals surface area (Å²) in [6.07, 6.45) is 2.72. The van der Waals surface area contributed by atoms with Crippen molar-refractivity contribution in [1.82, 2.24) is 14.8 Å². The molecule has 0 bridgehead atoms. The third kappa shape index (κ3) is 2.01. The molecule has 0 spiro atoms. The van der Waals surface area contributed by atoms with Gasteiger partial charge in [0.2, 0.25) is 0 Å². The molecule has 3 rings (SSSR count). The van der Waals surface area contributed by atoms with Crippen LogP contribution in [0.5, 0.6) is 0 Å².